The fourth-order valence-corrected chi connectivity index (χ4v) is 1.95. The van der Waals surface area contributed by atoms with Crippen molar-refractivity contribution in [2.24, 2.45) is 5.73 Å². The van der Waals surface area contributed by atoms with E-state index in [1.54, 1.807) is 42.5 Å². The normalized spacial score (nSPS) is 10.0. The van der Waals surface area contributed by atoms with Crippen molar-refractivity contribution >= 4 is 34.9 Å². The summed E-state index contributed by atoms with van der Waals surface area (Å²) in [6.07, 6.45) is 0. The van der Waals surface area contributed by atoms with Crippen molar-refractivity contribution in [1.29, 1.82) is 0 Å². The Morgan fingerprint density at radius 2 is 1.70 bits per heavy atom. The van der Waals surface area contributed by atoms with Gasteiger partial charge in [0.25, 0.3) is 5.91 Å². The Kier molecular flexibility index (Phi) is 5.43. The van der Waals surface area contributed by atoms with Gasteiger partial charge in [-0.15, -0.1) is 0 Å². The summed E-state index contributed by atoms with van der Waals surface area (Å²) < 4.78 is 5.41. The molecule has 2 aromatic rings. The molecule has 0 aromatic heterocycles. The number of carbonyl (C=O) groups is 2. The second-order valence-corrected chi connectivity index (χ2v) is 5.22. The molecule has 6 nitrogen and oxygen atoms in total. The molecule has 0 atom stereocenters. The smallest absolute Gasteiger partial charge is 0.316 e. The van der Waals surface area contributed by atoms with Gasteiger partial charge in [-0.05, 0) is 55.0 Å². The minimum atomic E-state index is -0.645. The number of ether oxygens (including phenoxy) is 1. The first-order valence-corrected chi connectivity index (χ1v) is 7.17. The third-order valence-corrected chi connectivity index (χ3v) is 3.36. The predicted molar refractivity (Wildman–Crippen MR) is 90.0 cm³/mol. The summed E-state index contributed by atoms with van der Waals surface area (Å²) >= 11 is 5.93. The minimum Gasteiger partial charge on any atom is -0.484 e. The quantitative estimate of drug-likeness (QED) is 0.784. The van der Waals surface area contributed by atoms with Gasteiger partial charge in [0.05, 0.1) is 0 Å². The van der Waals surface area contributed by atoms with E-state index in [1.807, 2.05) is 6.92 Å². The van der Waals surface area contributed by atoms with Crippen molar-refractivity contribution in [3.8, 4) is 5.75 Å². The zero-order valence-corrected chi connectivity index (χ0v) is 13.2. The van der Waals surface area contributed by atoms with Crippen molar-refractivity contribution in [1.82, 2.24) is 0 Å². The van der Waals surface area contributed by atoms with E-state index in [1.165, 1.54) is 0 Å². The van der Waals surface area contributed by atoms with E-state index in [0.717, 1.165) is 5.56 Å². The zero-order valence-electron chi connectivity index (χ0n) is 12.4. The maximum Gasteiger partial charge on any atom is 0.316 e. The summed E-state index contributed by atoms with van der Waals surface area (Å²) in [7, 11) is 0. The van der Waals surface area contributed by atoms with Crippen LogP contribution in [0.25, 0.3) is 0 Å². The van der Waals surface area contributed by atoms with E-state index in [4.69, 9.17) is 22.1 Å². The molecule has 120 valence electrons. The number of halogens is 1. The van der Waals surface area contributed by atoms with Crippen molar-refractivity contribution in [3.05, 3.63) is 53.1 Å². The lowest BCUT2D eigenvalue weighted by Crippen LogP contribution is -2.20. The Balaban J connectivity index is 1.86. The summed E-state index contributed by atoms with van der Waals surface area (Å²) in [4.78, 5) is 22.6. The number of amides is 3. The number of benzene rings is 2. The largest absolute Gasteiger partial charge is 0.484 e. The average Bonchev–Trinajstić information content (AvgIpc) is 2.50. The third-order valence-electron chi connectivity index (χ3n) is 2.94. The van der Waals surface area contributed by atoms with Gasteiger partial charge in [0.15, 0.2) is 6.61 Å². The Labute approximate surface area is 138 Å². The highest BCUT2D eigenvalue weighted by atomic mass is 35.5. The first-order chi connectivity index (χ1) is 10.9. The number of hydrogen-bond donors (Lipinski definition) is 3. The minimum absolute atomic E-state index is 0.123. The maximum atomic E-state index is 11.8. The molecule has 2 rings (SSSR count). The van der Waals surface area contributed by atoms with Crippen LogP contribution in [0.4, 0.5) is 16.2 Å². The van der Waals surface area contributed by atoms with E-state index in [2.05, 4.69) is 10.6 Å². The fraction of sp³-hybridized carbons (Fsp3) is 0.125. The number of nitrogens with two attached hydrogens (primary N) is 1. The number of nitrogens with one attached hydrogen (secondary N) is 2. The molecule has 0 bridgehead atoms. The average molecular weight is 334 g/mol. The molecule has 7 heteroatoms. The summed E-state index contributed by atoms with van der Waals surface area (Å²) in [5, 5.41) is 5.76. The van der Waals surface area contributed by atoms with Gasteiger partial charge in [-0.25, -0.2) is 4.79 Å². The SMILES string of the molecule is Cc1cc(OCC(=O)Nc2ccc(NC(N)=O)cc2)ccc1Cl. The molecule has 0 unspecified atom stereocenters. The molecule has 2 aromatic carbocycles. The zero-order chi connectivity index (χ0) is 16.8. The van der Waals surface area contributed by atoms with Crippen molar-refractivity contribution in [2.75, 3.05) is 17.2 Å². The standard InChI is InChI=1S/C16H16ClN3O3/c1-10-8-13(6-7-14(10)17)23-9-15(21)19-11-2-4-12(5-3-11)20-16(18)22/h2-8H,9H2,1H3,(H,19,21)(H3,18,20,22). The molecule has 3 amide bonds. The van der Waals surface area contributed by atoms with Crippen LogP contribution in [0.15, 0.2) is 42.5 Å². The van der Waals surface area contributed by atoms with E-state index in [9.17, 15) is 9.59 Å². The summed E-state index contributed by atoms with van der Waals surface area (Å²) in [6, 6.07) is 11.1. The van der Waals surface area contributed by atoms with Crippen LogP contribution in [0.2, 0.25) is 5.02 Å². The Morgan fingerprint density at radius 1 is 1.09 bits per heavy atom. The summed E-state index contributed by atoms with van der Waals surface area (Å²) in [6.45, 7) is 1.74. The Morgan fingerprint density at radius 3 is 2.26 bits per heavy atom. The van der Waals surface area contributed by atoms with Crippen LogP contribution >= 0.6 is 11.6 Å². The molecule has 23 heavy (non-hydrogen) atoms. The number of rotatable bonds is 5. The number of hydrogen-bond acceptors (Lipinski definition) is 3. The molecule has 0 radical (unpaired) electrons. The van der Waals surface area contributed by atoms with Crippen LogP contribution in [0.5, 0.6) is 5.75 Å². The van der Waals surface area contributed by atoms with E-state index < -0.39 is 6.03 Å². The van der Waals surface area contributed by atoms with Crippen LogP contribution in [-0.4, -0.2) is 18.5 Å². The molecular formula is C16H16ClN3O3. The van der Waals surface area contributed by atoms with Crippen LogP contribution in [0, 0.1) is 6.92 Å². The number of aryl methyl sites for hydroxylation is 1. The van der Waals surface area contributed by atoms with Gasteiger partial charge in [-0.2, -0.15) is 0 Å². The van der Waals surface area contributed by atoms with Crippen molar-refractivity contribution in [3.63, 3.8) is 0 Å². The lowest BCUT2D eigenvalue weighted by molar-refractivity contribution is -0.118. The van der Waals surface area contributed by atoms with Crippen LogP contribution in [0.1, 0.15) is 5.56 Å². The van der Waals surface area contributed by atoms with Crippen LogP contribution in [-0.2, 0) is 4.79 Å². The second kappa shape index (κ2) is 7.51. The highest BCUT2D eigenvalue weighted by molar-refractivity contribution is 6.31. The van der Waals surface area contributed by atoms with Gasteiger partial charge in [0.2, 0.25) is 0 Å². The second-order valence-electron chi connectivity index (χ2n) is 4.81. The summed E-state index contributed by atoms with van der Waals surface area (Å²) in [5.41, 5.74) is 7.02. The molecule has 0 aliphatic heterocycles. The number of primary amides is 1. The maximum absolute atomic E-state index is 11.8. The topological polar surface area (TPSA) is 93.4 Å². The van der Waals surface area contributed by atoms with Crippen LogP contribution in [0.3, 0.4) is 0 Å². The van der Waals surface area contributed by atoms with Gasteiger partial charge < -0.3 is 21.1 Å². The van der Waals surface area contributed by atoms with E-state index >= 15 is 0 Å². The first kappa shape index (κ1) is 16.6. The molecule has 0 heterocycles. The van der Waals surface area contributed by atoms with E-state index in [0.29, 0.717) is 22.1 Å². The number of anilines is 2. The van der Waals surface area contributed by atoms with Gasteiger partial charge in [-0.3, -0.25) is 4.79 Å². The first-order valence-electron chi connectivity index (χ1n) is 6.79. The van der Waals surface area contributed by atoms with Gasteiger partial charge >= 0.3 is 6.03 Å². The molecule has 0 aliphatic rings. The number of urea groups is 1. The summed E-state index contributed by atoms with van der Waals surface area (Å²) in [5.74, 6) is 0.274. The Bertz CT molecular complexity index is 717. The van der Waals surface area contributed by atoms with Gasteiger partial charge in [-0.1, -0.05) is 11.6 Å². The highest BCUT2D eigenvalue weighted by Crippen LogP contribution is 2.21. The lowest BCUT2D eigenvalue weighted by atomic mass is 10.2. The fourth-order valence-electron chi connectivity index (χ4n) is 1.83. The molecule has 0 saturated heterocycles. The lowest BCUT2D eigenvalue weighted by Gasteiger charge is -2.09. The molecule has 0 aliphatic carbocycles. The molecule has 0 spiro atoms. The Hall–Kier alpha value is -2.73. The third kappa shape index (κ3) is 5.19. The molecular weight excluding hydrogens is 318 g/mol. The molecule has 4 N–H and O–H groups in total. The van der Waals surface area contributed by atoms with Gasteiger partial charge in [0, 0.05) is 16.4 Å². The molecule has 0 fully saturated rings. The van der Waals surface area contributed by atoms with Crippen LogP contribution < -0.4 is 21.1 Å². The van der Waals surface area contributed by atoms with Gasteiger partial charge in [0.1, 0.15) is 5.75 Å². The van der Waals surface area contributed by atoms with Crippen molar-refractivity contribution < 1.29 is 14.3 Å². The predicted octanol–water partition coefficient (Wildman–Crippen LogP) is 3.16. The number of carbonyl (C=O) groups excluding carboxylic acids is 2. The van der Waals surface area contributed by atoms with Crippen molar-refractivity contribution in [2.45, 2.75) is 6.92 Å². The monoisotopic (exact) mass is 333 g/mol. The highest BCUT2D eigenvalue weighted by Gasteiger charge is 2.05. The van der Waals surface area contributed by atoms with E-state index in [-0.39, 0.29) is 12.5 Å². The molecule has 0 saturated carbocycles.